The maximum atomic E-state index is 12.4. The molecule has 5 nitrogen and oxygen atoms in total. The Morgan fingerprint density at radius 1 is 1.30 bits per heavy atom. The maximum absolute atomic E-state index is 12.4. The molecule has 0 unspecified atom stereocenters. The van der Waals surface area contributed by atoms with Crippen LogP contribution in [0.3, 0.4) is 0 Å². The molecule has 3 aromatic rings. The summed E-state index contributed by atoms with van der Waals surface area (Å²) in [5.41, 5.74) is 9.30. The van der Waals surface area contributed by atoms with Crippen LogP contribution in [0, 0.1) is 0 Å². The highest BCUT2D eigenvalue weighted by atomic mass is 35.5. The predicted octanol–water partition coefficient (Wildman–Crippen LogP) is 3.71. The van der Waals surface area contributed by atoms with Crippen molar-refractivity contribution in [2.75, 3.05) is 12.8 Å². The number of benzene rings is 2. The van der Waals surface area contributed by atoms with Crippen LogP contribution in [-0.2, 0) is 0 Å². The fourth-order valence-electron chi connectivity index (χ4n) is 2.92. The molecule has 1 fully saturated rings. The Bertz CT molecular complexity index is 970. The second-order valence-electron chi connectivity index (χ2n) is 5.75. The number of oxazole rings is 1. The zero-order valence-corrected chi connectivity index (χ0v) is 13.3. The second-order valence-corrected chi connectivity index (χ2v) is 6.16. The number of ether oxygens (including phenoxy) is 1. The lowest BCUT2D eigenvalue weighted by Gasteiger charge is -2.13. The first-order valence-electron chi connectivity index (χ1n) is 7.37. The van der Waals surface area contributed by atoms with E-state index in [-0.39, 0.29) is 0 Å². The van der Waals surface area contributed by atoms with Crippen molar-refractivity contribution in [1.82, 2.24) is 4.57 Å². The van der Waals surface area contributed by atoms with Crippen LogP contribution in [0.15, 0.2) is 39.5 Å². The van der Waals surface area contributed by atoms with Gasteiger partial charge in [-0.05, 0) is 48.6 Å². The van der Waals surface area contributed by atoms with E-state index in [1.165, 1.54) is 4.57 Å². The minimum atomic E-state index is -0.471. The van der Waals surface area contributed by atoms with E-state index in [4.69, 9.17) is 26.5 Å². The number of hydrogen-bond donors (Lipinski definition) is 1. The predicted molar refractivity (Wildman–Crippen MR) is 89.8 cm³/mol. The van der Waals surface area contributed by atoms with Gasteiger partial charge in [-0.2, -0.15) is 0 Å². The summed E-state index contributed by atoms with van der Waals surface area (Å²) in [4.78, 5) is 12.4. The molecule has 1 aromatic heterocycles. The molecule has 1 heterocycles. The van der Waals surface area contributed by atoms with Crippen molar-refractivity contribution in [2.45, 2.75) is 18.8 Å². The van der Waals surface area contributed by atoms with Crippen molar-refractivity contribution in [3.05, 3.63) is 51.5 Å². The molecule has 0 amide bonds. The molecule has 0 saturated heterocycles. The fraction of sp³-hybridized carbons (Fsp3) is 0.235. The highest BCUT2D eigenvalue weighted by Crippen LogP contribution is 2.45. The summed E-state index contributed by atoms with van der Waals surface area (Å²) in [5.74, 6) is 0.548. The van der Waals surface area contributed by atoms with E-state index in [2.05, 4.69) is 0 Å². The number of nitrogens with zero attached hydrogens (tertiary/aromatic N) is 1. The minimum Gasteiger partial charge on any atom is -0.497 e. The van der Waals surface area contributed by atoms with Crippen molar-refractivity contribution >= 4 is 28.4 Å². The molecule has 0 spiro atoms. The summed E-state index contributed by atoms with van der Waals surface area (Å²) in [7, 11) is 1.57. The molecule has 4 rings (SSSR count). The zero-order chi connectivity index (χ0) is 16.1. The number of aromatic nitrogens is 1. The Labute approximate surface area is 137 Å². The first-order chi connectivity index (χ1) is 11.1. The molecule has 0 aliphatic heterocycles. The van der Waals surface area contributed by atoms with Gasteiger partial charge in [0.15, 0.2) is 5.58 Å². The van der Waals surface area contributed by atoms with Gasteiger partial charge in [-0.15, -0.1) is 0 Å². The number of halogens is 1. The topological polar surface area (TPSA) is 70.4 Å². The molecule has 0 bridgehead atoms. The lowest BCUT2D eigenvalue weighted by Crippen LogP contribution is -2.14. The van der Waals surface area contributed by atoms with Crippen LogP contribution in [0.1, 0.15) is 24.3 Å². The molecule has 23 heavy (non-hydrogen) atoms. The standard InChI is InChI=1S/C17H15ClN2O3/c1-22-11-4-5-14-15(8-11)23-17(21)20(14)16-12(9-2-3-9)6-10(19)7-13(16)18/h4-9H,2-3,19H2,1H3. The molecule has 118 valence electrons. The van der Waals surface area contributed by atoms with Crippen LogP contribution in [0.5, 0.6) is 5.75 Å². The lowest BCUT2D eigenvalue weighted by atomic mass is 10.1. The average Bonchev–Trinajstić information content (AvgIpc) is 3.30. The van der Waals surface area contributed by atoms with Gasteiger partial charge in [0.25, 0.3) is 0 Å². The van der Waals surface area contributed by atoms with Crippen LogP contribution in [0.25, 0.3) is 16.8 Å². The quantitative estimate of drug-likeness (QED) is 0.743. The molecule has 2 aromatic carbocycles. The van der Waals surface area contributed by atoms with Crippen LogP contribution >= 0.6 is 11.6 Å². The largest absolute Gasteiger partial charge is 0.497 e. The van der Waals surface area contributed by atoms with Crippen molar-refractivity contribution in [3.63, 3.8) is 0 Å². The third-order valence-corrected chi connectivity index (χ3v) is 4.43. The molecule has 6 heteroatoms. The van der Waals surface area contributed by atoms with Crippen LogP contribution in [0.4, 0.5) is 5.69 Å². The van der Waals surface area contributed by atoms with E-state index >= 15 is 0 Å². The average molecular weight is 331 g/mol. The van der Waals surface area contributed by atoms with Gasteiger partial charge in [-0.25, -0.2) is 9.36 Å². The molecule has 1 saturated carbocycles. The number of rotatable bonds is 3. The Hall–Kier alpha value is -2.40. The van der Waals surface area contributed by atoms with E-state index in [0.29, 0.717) is 39.2 Å². The minimum absolute atomic E-state index is 0.390. The first kappa shape index (κ1) is 14.2. The van der Waals surface area contributed by atoms with Gasteiger partial charge in [-0.3, -0.25) is 0 Å². The Kier molecular flexibility index (Phi) is 3.13. The van der Waals surface area contributed by atoms with Gasteiger partial charge in [0, 0.05) is 11.8 Å². The highest BCUT2D eigenvalue weighted by Gasteiger charge is 2.29. The van der Waals surface area contributed by atoms with Crippen LogP contribution in [-0.4, -0.2) is 11.7 Å². The van der Waals surface area contributed by atoms with Crippen molar-refractivity contribution in [3.8, 4) is 11.4 Å². The highest BCUT2D eigenvalue weighted by molar-refractivity contribution is 6.33. The SMILES string of the molecule is COc1ccc2c(c1)oc(=O)n2-c1c(Cl)cc(N)cc1C1CC1. The van der Waals surface area contributed by atoms with Crippen LogP contribution in [0.2, 0.25) is 5.02 Å². The van der Waals surface area contributed by atoms with Crippen molar-refractivity contribution < 1.29 is 9.15 Å². The number of nitrogens with two attached hydrogens (primary N) is 1. The molecule has 0 radical (unpaired) electrons. The monoisotopic (exact) mass is 330 g/mol. The first-order valence-corrected chi connectivity index (χ1v) is 7.75. The Morgan fingerprint density at radius 2 is 2.09 bits per heavy atom. The Balaban J connectivity index is 2.03. The smallest absolute Gasteiger partial charge is 0.424 e. The normalized spacial score (nSPS) is 14.3. The summed E-state index contributed by atoms with van der Waals surface area (Å²) in [6, 6.07) is 8.83. The van der Waals surface area contributed by atoms with E-state index in [9.17, 15) is 4.79 Å². The fourth-order valence-corrected chi connectivity index (χ4v) is 3.24. The van der Waals surface area contributed by atoms with E-state index < -0.39 is 5.76 Å². The van der Waals surface area contributed by atoms with Gasteiger partial charge >= 0.3 is 5.76 Å². The summed E-state index contributed by atoms with van der Waals surface area (Å²) in [6.07, 6.45) is 2.15. The maximum Gasteiger partial charge on any atom is 0.424 e. The molecule has 2 N–H and O–H groups in total. The number of hydrogen-bond acceptors (Lipinski definition) is 4. The number of anilines is 1. The van der Waals surface area contributed by atoms with Gasteiger partial charge < -0.3 is 14.9 Å². The molecular formula is C17H15ClN2O3. The van der Waals surface area contributed by atoms with Gasteiger partial charge in [0.1, 0.15) is 5.75 Å². The van der Waals surface area contributed by atoms with E-state index in [1.54, 1.807) is 31.4 Å². The van der Waals surface area contributed by atoms with Crippen molar-refractivity contribution in [1.29, 1.82) is 0 Å². The third-order valence-electron chi connectivity index (χ3n) is 4.14. The van der Waals surface area contributed by atoms with Gasteiger partial charge in [0.2, 0.25) is 0 Å². The molecule has 1 aliphatic carbocycles. The molecular weight excluding hydrogens is 316 g/mol. The zero-order valence-electron chi connectivity index (χ0n) is 12.5. The summed E-state index contributed by atoms with van der Waals surface area (Å²) in [6.45, 7) is 0. The van der Waals surface area contributed by atoms with Gasteiger partial charge in [-0.1, -0.05) is 11.6 Å². The number of nitrogen functional groups attached to an aromatic ring is 1. The summed E-state index contributed by atoms with van der Waals surface area (Å²) >= 11 is 6.42. The van der Waals surface area contributed by atoms with Crippen molar-refractivity contribution in [2.24, 2.45) is 0 Å². The summed E-state index contributed by atoms with van der Waals surface area (Å²) < 4.78 is 12.1. The second kappa shape index (κ2) is 5.06. The number of fused-ring (bicyclic) bond motifs is 1. The van der Waals surface area contributed by atoms with E-state index in [1.807, 2.05) is 6.07 Å². The Morgan fingerprint density at radius 3 is 2.78 bits per heavy atom. The van der Waals surface area contributed by atoms with Crippen LogP contribution < -0.4 is 16.2 Å². The summed E-state index contributed by atoms with van der Waals surface area (Å²) in [5, 5.41) is 0.451. The molecule has 1 aliphatic rings. The van der Waals surface area contributed by atoms with Gasteiger partial charge in [0.05, 0.1) is 23.3 Å². The number of methoxy groups -OCH3 is 1. The van der Waals surface area contributed by atoms with E-state index in [0.717, 1.165) is 18.4 Å². The lowest BCUT2D eigenvalue weighted by molar-refractivity contribution is 0.414. The molecule has 0 atom stereocenters. The third kappa shape index (κ3) is 2.28.